The molecule has 1 fully saturated rings. The molecule has 0 radical (unpaired) electrons. The van der Waals surface area contributed by atoms with Crippen LogP contribution in [0.3, 0.4) is 0 Å². The predicted molar refractivity (Wildman–Crippen MR) is 73.0 cm³/mol. The van der Waals surface area contributed by atoms with Crippen molar-refractivity contribution in [2.75, 3.05) is 23.9 Å². The first-order valence-corrected chi connectivity index (χ1v) is 7.94. The molecule has 0 aromatic heterocycles. The first-order chi connectivity index (χ1) is 8.50. The molecule has 0 bridgehead atoms. The summed E-state index contributed by atoms with van der Waals surface area (Å²) in [7, 11) is -1.13. The van der Waals surface area contributed by atoms with Gasteiger partial charge in [-0.05, 0) is 43.5 Å². The lowest BCUT2D eigenvalue weighted by molar-refractivity contribution is 0.412. The monoisotopic (exact) mass is 269 g/mol. The third-order valence-corrected chi connectivity index (χ3v) is 5.04. The van der Waals surface area contributed by atoms with E-state index in [9.17, 15) is 8.42 Å². The second-order valence-corrected chi connectivity index (χ2v) is 7.06. The van der Waals surface area contributed by atoms with Crippen molar-refractivity contribution < 1.29 is 13.2 Å². The van der Waals surface area contributed by atoms with Crippen LogP contribution >= 0.6 is 0 Å². The number of hydrogen-bond acceptors (Lipinski definition) is 4. The summed E-state index contributed by atoms with van der Waals surface area (Å²) in [5, 5.41) is 3.39. The first-order valence-electron chi connectivity index (χ1n) is 6.12. The predicted octanol–water partition coefficient (Wildman–Crippen LogP) is 1.99. The van der Waals surface area contributed by atoms with Gasteiger partial charge in [0, 0.05) is 11.7 Å². The van der Waals surface area contributed by atoms with E-state index in [0.717, 1.165) is 17.0 Å². The molecular formula is C13H19NO3S. The Kier molecular flexibility index (Phi) is 3.80. The molecule has 1 heterocycles. The highest BCUT2D eigenvalue weighted by Gasteiger charge is 2.23. The molecule has 4 nitrogen and oxygen atoms in total. The van der Waals surface area contributed by atoms with Gasteiger partial charge in [-0.15, -0.1) is 0 Å². The smallest absolute Gasteiger partial charge is 0.150 e. The van der Waals surface area contributed by atoms with E-state index in [1.165, 1.54) is 0 Å². The molecule has 0 spiro atoms. The minimum absolute atomic E-state index is 0.251. The Labute approximate surface area is 108 Å². The highest BCUT2D eigenvalue weighted by molar-refractivity contribution is 7.91. The molecule has 100 valence electrons. The topological polar surface area (TPSA) is 55.4 Å². The van der Waals surface area contributed by atoms with Crippen LogP contribution in [0.5, 0.6) is 5.75 Å². The van der Waals surface area contributed by atoms with Gasteiger partial charge in [-0.3, -0.25) is 0 Å². The van der Waals surface area contributed by atoms with E-state index >= 15 is 0 Å². The average molecular weight is 269 g/mol. The standard InChI is InChI=1S/C13H19NO3S/c1-10-9-12(3-4-13(10)17-2)14-11-5-7-18(15,16)8-6-11/h3-4,9,11,14H,5-8H2,1-2H3. The van der Waals surface area contributed by atoms with Crippen molar-refractivity contribution in [3.05, 3.63) is 23.8 Å². The zero-order valence-corrected chi connectivity index (χ0v) is 11.6. The summed E-state index contributed by atoms with van der Waals surface area (Å²) >= 11 is 0. The summed E-state index contributed by atoms with van der Waals surface area (Å²) in [5.41, 5.74) is 2.10. The number of benzene rings is 1. The SMILES string of the molecule is COc1ccc(NC2CCS(=O)(=O)CC2)cc1C. The number of nitrogens with one attached hydrogen (secondary N) is 1. The van der Waals surface area contributed by atoms with E-state index in [1.807, 2.05) is 25.1 Å². The molecule has 1 aliphatic heterocycles. The van der Waals surface area contributed by atoms with Crippen molar-refractivity contribution in [3.63, 3.8) is 0 Å². The molecule has 0 amide bonds. The third-order valence-electron chi connectivity index (χ3n) is 3.32. The zero-order valence-electron chi connectivity index (χ0n) is 10.8. The van der Waals surface area contributed by atoms with E-state index < -0.39 is 9.84 Å². The summed E-state index contributed by atoms with van der Waals surface area (Å²) in [6, 6.07) is 6.18. The summed E-state index contributed by atoms with van der Waals surface area (Å²) < 4.78 is 27.9. The van der Waals surface area contributed by atoms with Gasteiger partial charge in [0.1, 0.15) is 15.6 Å². The fraction of sp³-hybridized carbons (Fsp3) is 0.538. The average Bonchev–Trinajstić information content (AvgIpc) is 2.32. The van der Waals surface area contributed by atoms with Gasteiger partial charge in [-0.2, -0.15) is 0 Å². The second kappa shape index (κ2) is 5.18. The molecule has 0 unspecified atom stereocenters. The molecular weight excluding hydrogens is 250 g/mol. The maximum Gasteiger partial charge on any atom is 0.150 e. The van der Waals surface area contributed by atoms with Gasteiger partial charge in [0.2, 0.25) is 0 Å². The van der Waals surface area contributed by atoms with Gasteiger partial charge in [0.25, 0.3) is 0 Å². The molecule has 2 rings (SSSR count). The molecule has 1 N–H and O–H groups in total. The Morgan fingerprint density at radius 2 is 1.94 bits per heavy atom. The molecule has 1 aliphatic rings. The van der Waals surface area contributed by atoms with Crippen LogP contribution in [0.4, 0.5) is 5.69 Å². The third kappa shape index (κ3) is 3.16. The lowest BCUT2D eigenvalue weighted by Crippen LogP contribution is -2.32. The largest absolute Gasteiger partial charge is 0.496 e. The molecule has 5 heteroatoms. The minimum atomic E-state index is -2.79. The fourth-order valence-electron chi connectivity index (χ4n) is 2.24. The number of ether oxygens (including phenoxy) is 1. The van der Waals surface area contributed by atoms with Crippen molar-refractivity contribution in [2.45, 2.75) is 25.8 Å². The lowest BCUT2D eigenvalue weighted by atomic mass is 10.1. The maximum absolute atomic E-state index is 11.3. The molecule has 1 saturated heterocycles. The fourth-order valence-corrected chi connectivity index (χ4v) is 3.73. The maximum atomic E-state index is 11.3. The Balaban J connectivity index is 2.00. The molecule has 1 aromatic carbocycles. The van der Waals surface area contributed by atoms with Gasteiger partial charge in [-0.1, -0.05) is 0 Å². The van der Waals surface area contributed by atoms with Crippen molar-refractivity contribution in [1.29, 1.82) is 0 Å². The van der Waals surface area contributed by atoms with Crippen molar-refractivity contribution in [2.24, 2.45) is 0 Å². The van der Waals surface area contributed by atoms with Gasteiger partial charge in [0.15, 0.2) is 0 Å². The summed E-state index contributed by atoms with van der Waals surface area (Å²) in [6.45, 7) is 2.00. The number of methoxy groups -OCH3 is 1. The number of hydrogen-bond donors (Lipinski definition) is 1. The van der Waals surface area contributed by atoms with Gasteiger partial charge >= 0.3 is 0 Å². The summed E-state index contributed by atoms with van der Waals surface area (Å²) in [5.74, 6) is 1.45. The minimum Gasteiger partial charge on any atom is -0.496 e. The number of aryl methyl sites for hydroxylation is 1. The normalized spacial score (nSPS) is 19.4. The number of sulfone groups is 1. The molecule has 1 aromatic rings. The highest BCUT2D eigenvalue weighted by atomic mass is 32.2. The summed E-state index contributed by atoms with van der Waals surface area (Å²) in [6.07, 6.45) is 1.38. The Morgan fingerprint density at radius 1 is 1.28 bits per heavy atom. The Hall–Kier alpha value is -1.23. The van der Waals surface area contributed by atoms with E-state index in [1.54, 1.807) is 7.11 Å². The van der Waals surface area contributed by atoms with Crippen LogP contribution in [0.25, 0.3) is 0 Å². The van der Waals surface area contributed by atoms with Crippen LogP contribution in [0, 0.1) is 6.92 Å². The lowest BCUT2D eigenvalue weighted by Gasteiger charge is -2.24. The van der Waals surface area contributed by atoms with Gasteiger partial charge < -0.3 is 10.1 Å². The van der Waals surface area contributed by atoms with E-state index in [2.05, 4.69) is 5.32 Å². The number of anilines is 1. The van der Waals surface area contributed by atoms with Crippen LogP contribution < -0.4 is 10.1 Å². The first kappa shape index (κ1) is 13.2. The van der Waals surface area contributed by atoms with Crippen LogP contribution in [-0.2, 0) is 9.84 Å². The molecule has 0 atom stereocenters. The molecule has 18 heavy (non-hydrogen) atoms. The van der Waals surface area contributed by atoms with Crippen LogP contribution in [0.1, 0.15) is 18.4 Å². The molecule has 0 saturated carbocycles. The quantitative estimate of drug-likeness (QED) is 0.911. The van der Waals surface area contributed by atoms with E-state index in [-0.39, 0.29) is 6.04 Å². The van der Waals surface area contributed by atoms with Crippen LogP contribution in [-0.4, -0.2) is 33.1 Å². The van der Waals surface area contributed by atoms with Gasteiger partial charge in [-0.25, -0.2) is 8.42 Å². The van der Waals surface area contributed by atoms with Crippen molar-refractivity contribution in [3.8, 4) is 5.75 Å². The Morgan fingerprint density at radius 3 is 2.50 bits per heavy atom. The molecule has 0 aliphatic carbocycles. The van der Waals surface area contributed by atoms with Crippen LogP contribution in [0.15, 0.2) is 18.2 Å². The van der Waals surface area contributed by atoms with Crippen LogP contribution in [0.2, 0.25) is 0 Å². The van der Waals surface area contributed by atoms with E-state index in [4.69, 9.17) is 4.74 Å². The zero-order chi connectivity index (χ0) is 13.2. The number of rotatable bonds is 3. The summed E-state index contributed by atoms with van der Waals surface area (Å²) in [4.78, 5) is 0. The van der Waals surface area contributed by atoms with Gasteiger partial charge in [0.05, 0.1) is 18.6 Å². The van der Waals surface area contributed by atoms with Crippen molar-refractivity contribution >= 4 is 15.5 Å². The Bertz CT molecular complexity index is 511. The highest BCUT2D eigenvalue weighted by Crippen LogP contribution is 2.23. The van der Waals surface area contributed by atoms with Crippen molar-refractivity contribution in [1.82, 2.24) is 0 Å². The second-order valence-electron chi connectivity index (χ2n) is 4.75. The van der Waals surface area contributed by atoms with E-state index in [0.29, 0.717) is 24.3 Å².